The highest BCUT2D eigenvalue weighted by Gasteiger charge is 2.25. The van der Waals surface area contributed by atoms with E-state index in [0.29, 0.717) is 27.8 Å². The van der Waals surface area contributed by atoms with E-state index >= 15 is 0 Å². The maximum atomic E-state index is 12.9. The van der Waals surface area contributed by atoms with Crippen LogP contribution in [0.4, 0.5) is 10.7 Å². The Balaban J connectivity index is 1.99. The second-order valence-electron chi connectivity index (χ2n) is 7.15. The molecule has 0 radical (unpaired) electrons. The van der Waals surface area contributed by atoms with Crippen molar-refractivity contribution in [3.05, 3.63) is 58.5 Å². The second kappa shape index (κ2) is 11.7. The number of aryl methyl sites for hydroxylation is 1. The molecule has 0 fully saturated rings. The van der Waals surface area contributed by atoms with E-state index in [-0.39, 0.29) is 17.3 Å². The summed E-state index contributed by atoms with van der Waals surface area (Å²) in [5.74, 6) is -0.275. The van der Waals surface area contributed by atoms with Crippen LogP contribution in [0.3, 0.4) is 0 Å². The first-order chi connectivity index (χ1) is 16.8. The fourth-order valence-electron chi connectivity index (χ4n) is 3.50. The first kappa shape index (κ1) is 26.0. The molecule has 2 aromatic carbocycles. The SMILES string of the molecule is CCOC(=O)c1c(NC(=S)Nc2cc(OC)c(OC)cc2C(=O)OC)sc(C)c1-c1ccccc1. The van der Waals surface area contributed by atoms with Crippen LogP contribution >= 0.6 is 23.6 Å². The van der Waals surface area contributed by atoms with Crippen LogP contribution in [0.5, 0.6) is 11.5 Å². The van der Waals surface area contributed by atoms with Gasteiger partial charge >= 0.3 is 11.9 Å². The number of esters is 2. The molecule has 0 aliphatic rings. The summed E-state index contributed by atoms with van der Waals surface area (Å²) >= 11 is 6.91. The number of thiophene rings is 1. The smallest absolute Gasteiger partial charge is 0.341 e. The Morgan fingerprint density at radius 1 is 0.971 bits per heavy atom. The Kier molecular flexibility index (Phi) is 8.67. The van der Waals surface area contributed by atoms with Crippen LogP contribution in [-0.4, -0.2) is 45.0 Å². The van der Waals surface area contributed by atoms with Crippen LogP contribution in [0.2, 0.25) is 0 Å². The van der Waals surface area contributed by atoms with Gasteiger partial charge in [-0.2, -0.15) is 0 Å². The van der Waals surface area contributed by atoms with E-state index in [1.54, 1.807) is 13.0 Å². The second-order valence-corrected chi connectivity index (χ2v) is 8.78. The van der Waals surface area contributed by atoms with Gasteiger partial charge < -0.3 is 29.6 Å². The molecule has 0 bridgehead atoms. The van der Waals surface area contributed by atoms with Crippen LogP contribution < -0.4 is 20.1 Å². The topological polar surface area (TPSA) is 95.1 Å². The summed E-state index contributed by atoms with van der Waals surface area (Å²) < 4.78 is 20.9. The highest BCUT2D eigenvalue weighted by atomic mass is 32.1. The van der Waals surface area contributed by atoms with E-state index in [1.807, 2.05) is 37.3 Å². The van der Waals surface area contributed by atoms with Gasteiger partial charge in [0.1, 0.15) is 10.6 Å². The number of rotatable bonds is 8. The molecule has 0 aliphatic heterocycles. The highest BCUT2D eigenvalue weighted by molar-refractivity contribution is 7.80. The zero-order chi connectivity index (χ0) is 25.5. The number of benzene rings is 2. The molecule has 2 N–H and O–H groups in total. The van der Waals surface area contributed by atoms with E-state index in [1.165, 1.54) is 38.7 Å². The van der Waals surface area contributed by atoms with Gasteiger partial charge in [0.25, 0.3) is 0 Å². The van der Waals surface area contributed by atoms with E-state index in [2.05, 4.69) is 10.6 Å². The Morgan fingerprint density at radius 3 is 2.23 bits per heavy atom. The fourth-order valence-corrected chi connectivity index (χ4v) is 4.85. The minimum absolute atomic E-state index is 0.161. The van der Waals surface area contributed by atoms with Crippen molar-refractivity contribution < 1.29 is 28.5 Å². The van der Waals surface area contributed by atoms with E-state index in [9.17, 15) is 9.59 Å². The van der Waals surface area contributed by atoms with E-state index < -0.39 is 11.9 Å². The lowest BCUT2D eigenvalue weighted by molar-refractivity contribution is 0.0528. The van der Waals surface area contributed by atoms with Gasteiger partial charge in [0.05, 0.1) is 39.2 Å². The third-order valence-corrected chi connectivity index (χ3v) is 6.26. The van der Waals surface area contributed by atoms with Gasteiger partial charge in [0.2, 0.25) is 0 Å². The summed E-state index contributed by atoms with van der Waals surface area (Å²) in [7, 11) is 4.24. The monoisotopic (exact) mass is 514 g/mol. The molecule has 0 aliphatic carbocycles. The maximum absolute atomic E-state index is 12.9. The molecule has 35 heavy (non-hydrogen) atoms. The Bertz CT molecular complexity index is 1240. The van der Waals surface area contributed by atoms with E-state index in [0.717, 1.165) is 16.0 Å². The summed E-state index contributed by atoms with van der Waals surface area (Å²) in [6.07, 6.45) is 0. The van der Waals surface area contributed by atoms with Gasteiger partial charge in [-0.3, -0.25) is 0 Å². The third kappa shape index (κ3) is 5.72. The highest BCUT2D eigenvalue weighted by Crippen LogP contribution is 2.40. The molecule has 0 saturated carbocycles. The molecule has 10 heteroatoms. The molecule has 0 unspecified atom stereocenters. The summed E-state index contributed by atoms with van der Waals surface area (Å²) in [5, 5.41) is 6.79. The van der Waals surface area contributed by atoms with Gasteiger partial charge in [-0.15, -0.1) is 11.3 Å². The Hall–Kier alpha value is -3.63. The van der Waals surface area contributed by atoms with Gasteiger partial charge in [0, 0.05) is 22.6 Å². The quantitative estimate of drug-likeness (QED) is 0.298. The predicted molar refractivity (Wildman–Crippen MR) is 141 cm³/mol. The number of ether oxygens (including phenoxy) is 4. The number of hydrogen-bond donors (Lipinski definition) is 2. The van der Waals surface area contributed by atoms with Crippen LogP contribution in [0, 0.1) is 6.92 Å². The molecule has 1 aromatic heterocycles. The molecular formula is C25H26N2O6S2. The summed E-state index contributed by atoms with van der Waals surface area (Å²) in [5.41, 5.74) is 2.61. The first-order valence-corrected chi connectivity index (χ1v) is 11.8. The lowest BCUT2D eigenvalue weighted by Gasteiger charge is -2.16. The van der Waals surface area contributed by atoms with Crippen molar-refractivity contribution >= 4 is 51.3 Å². The van der Waals surface area contributed by atoms with Gasteiger partial charge in [-0.05, 0) is 31.6 Å². The molecule has 0 amide bonds. The predicted octanol–water partition coefficient (Wildman–Crippen LogP) is 5.51. The summed E-state index contributed by atoms with van der Waals surface area (Å²) in [4.78, 5) is 26.2. The zero-order valence-corrected chi connectivity index (χ0v) is 21.6. The first-order valence-electron chi connectivity index (χ1n) is 10.6. The molecule has 0 spiro atoms. The molecule has 0 saturated heterocycles. The molecule has 3 rings (SSSR count). The number of thiocarbonyl (C=S) groups is 1. The maximum Gasteiger partial charge on any atom is 0.341 e. The van der Waals surface area contributed by atoms with Crippen molar-refractivity contribution in [1.29, 1.82) is 0 Å². The fraction of sp³-hybridized carbons (Fsp3) is 0.240. The molecular weight excluding hydrogens is 488 g/mol. The number of carbonyl (C=O) groups is 2. The molecule has 184 valence electrons. The minimum atomic E-state index is -0.582. The molecule has 3 aromatic rings. The van der Waals surface area contributed by atoms with Gasteiger partial charge in [0.15, 0.2) is 16.6 Å². The number of anilines is 2. The van der Waals surface area contributed by atoms with E-state index in [4.69, 9.17) is 31.2 Å². The van der Waals surface area contributed by atoms with Gasteiger partial charge in [-0.25, -0.2) is 9.59 Å². The number of hydrogen-bond acceptors (Lipinski definition) is 8. The lowest BCUT2D eigenvalue weighted by Crippen LogP contribution is -2.22. The number of carbonyl (C=O) groups excluding carboxylic acids is 2. The average molecular weight is 515 g/mol. The minimum Gasteiger partial charge on any atom is -0.493 e. The largest absolute Gasteiger partial charge is 0.493 e. The Labute approximate surface area is 213 Å². The average Bonchev–Trinajstić information content (AvgIpc) is 3.19. The standard InChI is InChI=1S/C25H26N2O6S2/c1-6-33-24(29)21-20(15-10-8-7-9-11-15)14(2)35-22(21)27-25(34)26-17-13-19(31-4)18(30-3)12-16(17)23(28)32-5/h7-13H,6H2,1-5H3,(H2,26,27,34). The van der Waals surface area contributed by atoms with Crippen molar-refractivity contribution in [2.75, 3.05) is 38.6 Å². The lowest BCUT2D eigenvalue weighted by atomic mass is 10.0. The Morgan fingerprint density at radius 2 is 1.63 bits per heavy atom. The number of methoxy groups -OCH3 is 3. The van der Waals surface area contributed by atoms with Gasteiger partial charge in [-0.1, -0.05) is 30.3 Å². The van der Waals surface area contributed by atoms with Crippen molar-refractivity contribution in [2.24, 2.45) is 0 Å². The van der Waals surface area contributed by atoms with Crippen LogP contribution in [0.1, 0.15) is 32.5 Å². The van der Waals surface area contributed by atoms with Crippen LogP contribution in [-0.2, 0) is 9.47 Å². The molecule has 1 heterocycles. The van der Waals surface area contributed by atoms with Crippen LogP contribution in [0.25, 0.3) is 11.1 Å². The third-order valence-electron chi connectivity index (χ3n) is 5.03. The van der Waals surface area contributed by atoms with Crippen molar-refractivity contribution in [3.63, 3.8) is 0 Å². The molecule has 0 atom stereocenters. The summed E-state index contributed by atoms with van der Waals surface area (Å²) in [6, 6.07) is 12.7. The van der Waals surface area contributed by atoms with Crippen LogP contribution in [0.15, 0.2) is 42.5 Å². The number of nitrogens with one attached hydrogen (secondary N) is 2. The normalized spacial score (nSPS) is 10.3. The summed E-state index contributed by atoms with van der Waals surface area (Å²) in [6.45, 7) is 3.92. The molecule has 8 nitrogen and oxygen atoms in total. The van der Waals surface area contributed by atoms with Crippen molar-refractivity contribution in [1.82, 2.24) is 0 Å². The van der Waals surface area contributed by atoms with Crippen molar-refractivity contribution in [3.8, 4) is 22.6 Å². The zero-order valence-electron chi connectivity index (χ0n) is 20.0. The van der Waals surface area contributed by atoms with Crippen molar-refractivity contribution in [2.45, 2.75) is 13.8 Å².